The summed E-state index contributed by atoms with van der Waals surface area (Å²) in [6, 6.07) is 7.89. The van der Waals surface area contributed by atoms with Gasteiger partial charge in [0.15, 0.2) is 0 Å². The van der Waals surface area contributed by atoms with Crippen molar-refractivity contribution in [1.82, 2.24) is 15.5 Å². The summed E-state index contributed by atoms with van der Waals surface area (Å²) in [5, 5.41) is 5.98. The molecule has 0 bridgehead atoms. The predicted molar refractivity (Wildman–Crippen MR) is 82.2 cm³/mol. The van der Waals surface area contributed by atoms with Crippen molar-refractivity contribution < 1.29 is 9.59 Å². The number of rotatable bonds is 7. The first-order chi connectivity index (χ1) is 10.1. The Kier molecular flexibility index (Phi) is 5.33. The molecule has 0 heterocycles. The Hall–Kier alpha value is -1.88. The second-order valence-corrected chi connectivity index (χ2v) is 5.51. The first-order valence-corrected chi connectivity index (χ1v) is 7.39. The minimum absolute atomic E-state index is 0.0824. The van der Waals surface area contributed by atoms with Crippen LogP contribution in [0.3, 0.4) is 0 Å². The average Bonchev–Trinajstić information content (AvgIpc) is 3.28. The SMILES string of the molecule is CNCCc1ccccc1C(=O)N(C)CC(=O)NC1CC1. The largest absolute Gasteiger partial charge is 0.352 e. The van der Waals surface area contributed by atoms with Crippen LogP contribution < -0.4 is 10.6 Å². The molecule has 1 aliphatic carbocycles. The van der Waals surface area contributed by atoms with Crippen LogP contribution in [0.15, 0.2) is 24.3 Å². The molecule has 0 saturated heterocycles. The first kappa shape index (κ1) is 15.5. The van der Waals surface area contributed by atoms with E-state index in [1.807, 2.05) is 31.3 Å². The second-order valence-electron chi connectivity index (χ2n) is 5.51. The molecule has 1 aromatic rings. The van der Waals surface area contributed by atoms with Gasteiger partial charge in [0.05, 0.1) is 6.54 Å². The standard InChI is InChI=1S/C16H23N3O2/c1-17-10-9-12-5-3-4-6-14(12)16(21)19(2)11-15(20)18-13-7-8-13/h3-6,13,17H,7-11H2,1-2H3,(H,18,20). The van der Waals surface area contributed by atoms with E-state index in [2.05, 4.69) is 10.6 Å². The maximum atomic E-state index is 12.5. The minimum Gasteiger partial charge on any atom is -0.352 e. The van der Waals surface area contributed by atoms with E-state index >= 15 is 0 Å². The first-order valence-electron chi connectivity index (χ1n) is 7.39. The molecular formula is C16H23N3O2. The lowest BCUT2D eigenvalue weighted by molar-refractivity contribution is -0.121. The van der Waals surface area contributed by atoms with E-state index in [-0.39, 0.29) is 18.4 Å². The summed E-state index contributed by atoms with van der Waals surface area (Å²) < 4.78 is 0. The Morgan fingerprint density at radius 1 is 1.29 bits per heavy atom. The molecule has 0 aliphatic heterocycles. The zero-order chi connectivity index (χ0) is 15.2. The van der Waals surface area contributed by atoms with Gasteiger partial charge < -0.3 is 15.5 Å². The molecule has 1 saturated carbocycles. The molecule has 0 radical (unpaired) electrons. The Bertz CT molecular complexity index is 512. The number of hydrogen-bond acceptors (Lipinski definition) is 3. The Morgan fingerprint density at radius 3 is 2.67 bits per heavy atom. The fraction of sp³-hybridized carbons (Fsp3) is 0.500. The van der Waals surface area contributed by atoms with Crippen LogP contribution in [0.4, 0.5) is 0 Å². The fourth-order valence-electron chi connectivity index (χ4n) is 2.20. The smallest absolute Gasteiger partial charge is 0.254 e. The van der Waals surface area contributed by atoms with Gasteiger partial charge in [-0.25, -0.2) is 0 Å². The van der Waals surface area contributed by atoms with E-state index in [0.29, 0.717) is 11.6 Å². The van der Waals surface area contributed by atoms with Gasteiger partial charge in [0, 0.05) is 18.7 Å². The zero-order valence-corrected chi connectivity index (χ0v) is 12.7. The topological polar surface area (TPSA) is 61.4 Å². The normalized spacial score (nSPS) is 13.8. The van der Waals surface area contributed by atoms with Gasteiger partial charge in [-0.3, -0.25) is 9.59 Å². The van der Waals surface area contributed by atoms with Crippen LogP contribution in [0.2, 0.25) is 0 Å². The van der Waals surface area contributed by atoms with E-state index in [1.165, 1.54) is 4.90 Å². The molecule has 2 N–H and O–H groups in total. The lowest BCUT2D eigenvalue weighted by atomic mass is 10.0. The number of carbonyl (C=O) groups is 2. The lowest BCUT2D eigenvalue weighted by Crippen LogP contribution is -2.39. The molecule has 1 aromatic carbocycles. The number of nitrogens with one attached hydrogen (secondary N) is 2. The van der Waals surface area contributed by atoms with Gasteiger partial charge in [-0.1, -0.05) is 18.2 Å². The second kappa shape index (κ2) is 7.22. The molecule has 2 amide bonds. The fourth-order valence-corrected chi connectivity index (χ4v) is 2.20. The van der Waals surface area contributed by atoms with Gasteiger partial charge in [0.25, 0.3) is 5.91 Å². The molecular weight excluding hydrogens is 266 g/mol. The van der Waals surface area contributed by atoms with E-state index in [0.717, 1.165) is 31.4 Å². The molecule has 0 spiro atoms. The van der Waals surface area contributed by atoms with Gasteiger partial charge in [0.1, 0.15) is 0 Å². The van der Waals surface area contributed by atoms with Crippen molar-refractivity contribution in [3.63, 3.8) is 0 Å². The summed E-state index contributed by atoms with van der Waals surface area (Å²) >= 11 is 0. The Balaban J connectivity index is 1.98. The van der Waals surface area contributed by atoms with Crippen LogP contribution >= 0.6 is 0 Å². The van der Waals surface area contributed by atoms with Crippen LogP contribution in [0.25, 0.3) is 0 Å². The number of nitrogens with zero attached hydrogens (tertiary/aromatic N) is 1. The third-order valence-corrected chi connectivity index (χ3v) is 3.56. The number of carbonyl (C=O) groups excluding carboxylic acids is 2. The van der Waals surface area contributed by atoms with Crippen molar-refractivity contribution in [2.45, 2.75) is 25.3 Å². The highest BCUT2D eigenvalue weighted by atomic mass is 16.2. The van der Waals surface area contributed by atoms with Crippen molar-refractivity contribution >= 4 is 11.8 Å². The van der Waals surface area contributed by atoms with Crippen molar-refractivity contribution in [3.05, 3.63) is 35.4 Å². The van der Waals surface area contributed by atoms with Crippen LogP contribution in [-0.2, 0) is 11.2 Å². The molecule has 2 rings (SSSR count). The van der Waals surface area contributed by atoms with E-state index in [9.17, 15) is 9.59 Å². The van der Waals surface area contributed by atoms with Crippen LogP contribution in [0, 0.1) is 0 Å². The minimum atomic E-state index is -0.104. The summed E-state index contributed by atoms with van der Waals surface area (Å²) in [6.45, 7) is 0.922. The van der Waals surface area contributed by atoms with Gasteiger partial charge >= 0.3 is 0 Å². The van der Waals surface area contributed by atoms with Gasteiger partial charge in [-0.2, -0.15) is 0 Å². The third-order valence-electron chi connectivity index (χ3n) is 3.56. The van der Waals surface area contributed by atoms with E-state index in [4.69, 9.17) is 0 Å². The molecule has 1 aliphatic rings. The van der Waals surface area contributed by atoms with Gasteiger partial charge in [-0.05, 0) is 44.5 Å². The average molecular weight is 289 g/mol. The Labute approximate surface area is 125 Å². The summed E-state index contributed by atoms with van der Waals surface area (Å²) in [4.78, 5) is 25.8. The maximum Gasteiger partial charge on any atom is 0.254 e. The summed E-state index contributed by atoms with van der Waals surface area (Å²) in [5.41, 5.74) is 1.68. The monoisotopic (exact) mass is 289 g/mol. The third kappa shape index (κ3) is 4.56. The van der Waals surface area contributed by atoms with Crippen molar-refractivity contribution in [2.75, 3.05) is 27.2 Å². The predicted octanol–water partition coefficient (Wildman–Crippen LogP) is 0.799. The number of hydrogen-bond donors (Lipinski definition) is 2. The highest BCUT2D eigenvalue weighted by molar-refractivity contribution is 5.97. The van der Waals surface area contributed by atoms with Gasteiger partial charge in [0.2, 0.25) is 5.91 Å². The van der Waals surface area contributed by atoms with Crippen LogP contribution in [0.1, 0.15) is 28.8 Å². The Morgan fingerprint density at radius 2 is 2.00 bits per heavy atom. The molecule has 0 atom stereocenters. The molecule has 5 heteroatoms. The van der Waals surface area contributed by atoms with Gasteiger partial charge in [-0.15, -0.1) is 0 Å². The molecule has 1 fully saturated rings. The van der Waals surface area contributed by atoms with Crippen LogP contribution in [-0.4, -0.2) is 49.9 Å². The molecule has 114 valence electrons. The number of amides is 2. The molecule has 0 unspecified atom stereocenters. The van der Waals surface area contributed by atoms with Crippen molar-refractivity contribution in [3.8, 4) is 0 Å². The van der Waals surface area contributed by atoms with Crippen molar-refractivity contribution in [1.29, 1.82) is 0 Å². The number of likely N-dealkylation sites (N-methyl/N-ethyl adjacent to an activating group) is 2. The molecule has 5 nitrogen and oxygen atoms in total. The van der Waals surface area contributed by atoms with E-state index in [1.54, 1.807) is 7.05 Å². The summed E-state index contributed by atoms with van der Waals surface area (Å²) in [5.74, 6) is -0.186. The van der Waals surface area contributed by atoms with Crippen LogP contribution in [0.5, 0.6) is 0 Å². The molecule has 0 aromatic heterocycles. The highest BCUT2D eigenvalue weighted by Crippen LogP contribution is 2.18. The number of benzene rings is 1. The zero-order valence-electron chi connectivity index (χ0n) is 12.7. The lowest BCUT2D eigenvalue weighted by Gasteiger charge is -2.18. The summed E-state index contributed by atoms with van der Waals surface area (Å²) in [6.07, 6.45) is 2.90. The quantitative estimate of drug-likeness (QED) is 0.780. The maximum absolute atomic E-state index is 12.5. The highest BCUT2D eigenvalue weighted by Gasteiger charge is 2.24. The van der Waals surface area contributed by atoms with Crippen molar-refractivity contribution in [2.24, 2.45) is 0 Å². The molecule has 21 heavy (non-hydrogen) atoms. The summed E-state index contributed by atoms with van der Waals surface area (Å²) in [7, 11) is 3.56. The van der Waals surface area contributed by atoms with E-state index < -0.39 is 0 Å².